The van der Waals surface area contributed by atoms with Crippen LogP contribution in [0.3, 0.4) is 0 Å². The van der Waals surface area contributed by atoms with Crippen molar-refractivity contribution in [3.05, 3.63) is 35.4 Å². The average molecular weight is 303 g/mol. The fourth-order valence-electron chi connectivity index (χ4n) is 2.97. The molecule has 1 aromatic rings. The second-order valence-electron chi connectivity index (χ2n) is 6.11. The molecule has 22 heavy (non-hydrogen) atoms. The number of hydrogen-bond acceptors (Lipinski definition) is 4. The fourth-order valence-corrected chi connectivity index (χ4v) is 2.97. The third-order valence-corrected chi connectivity index (χ3v) is 4.10. The molecular formula is C16H21N3O3. The van der Waals surface area contributed by atoms with Gasteiger partial charge in [0, 0.05) is 31.7 Å². The maximum atomic E-state index is 12.6. The predicted octanol–water partition coefficient (Wildman–Crippen LogP) is 1.02. The van der Waals surface area contributed by atoms with Gasteiger partial charge in [0.05, 0.1) is 6.04 Å². The van der Waals surface area contributed by atoms with Crippen LogP contribution in [0, 0.1) is 0 Å². The van der Waals surface area contributed by atoms with E-state index in [0.717, 1.165) is 6.54 Å². The Bertz CT molecular complexity index is 571. The maximum absolute atomic E-state index is 12.6. The van der Waals surface area contributed by atoms with Crippen molar-refractivity contribution in [2.24, 2.45) is 0 Å². The number of cyclic esters (lactones) is 1. The zero-order valence-electron chi connectivity index (χ0n) is 13.0. The summed E-state index contributed by atoms with van der Waals surface area (Å²) in [5.41, 5.74) is 1.88. The first-order valence-electron chi connectivity index (χ1n) is 7.51. The van der Waals surface area contributed by atoms with Gasteiger partial charge in [-0.3, -0.25) is 9.69 Å². The molecule has 118 valence electrons. The van der Waals surface area contributed by atoms with Crippen LogP contribution in [-0.4, -0.2) is 73.1 Å². The molecule has 0 unspecified atom stereocenters. The van der Waals surface area contributed by atoms with E-state index in [4.69, 9.17) is 4.74 Å². The van der Waals surface area contributed by atoms with Crippen molar-refractivity contribution in [2.45, 2.75) is 12.6 Å². The summed E-state index contributed by atoms with van der Waals surface area (Å²) in [6.45, 7) is 2.89. The highest BCUT2D eigenvalue weighted by Gasteiger charge is 2.38. The lowest BCUT2D eigenvalue weighted by Gasteiger charge is -2.35. The minimum absolute atomic E-state index is 0.00165. The molecule has 2 aliphatic heterocycles. The number of amides is 2. The molecule has 0 spiro atoms. The Hall–Kier alpha value is -2.08. The van der Waals surface area contributed by atoms with Crippen LogP contribution in [0.25, 0.3) is 0 Å². The first kappa shape index (κ1) is 14.8. The predicted molar refractivity (Wildman–Crippen MR) is 81.6 cm³/mol. The number of carbonyl (C=O) groups excluding carboxylic acids is 2. The molecule has 0 aromatic heterocycles. The van der Waals surface area contributed by atoms with Crippen LogP contribution in [0.15, 0.2) is 24.3 Å². The third-order valence-electron chi connectivity index (χ3n) is 4.10. The van der Waals surface area contributed by atoms with Crippen molar-refractivity contribution in [3.8, 4) is 0 Å². The van der Waals surface area contributed by atoms with Crippen LogP contribution in [0.2, 0.25) is 0 Å². The number of carbonyl (C=O) groups is 2. The van der Waals surface area contributed by atoms with Crippen molar-refractivity contribution in [1.82, 2.24) is 14.7 Å². The molecule has 0 bridgehead atoms. The number of benzene rings is 1. The van der Waals surface area contributed by atoms with E-state index in [1.54, 1.807) is 4.90 Å². The van der Waals surface area contributed by atoms with Gasteiger partial charge in [-0.1, -0.05) is 12.1 Å². The molecule has 1 aromatic carbocycles. The Morgan fingerprint density at radius 2 is 2.00 bits per heavy atom. The zero-order chi connectivity index (χ0) is 15.7. The molecule has 2 heterocycles. The Kier molecular flexibility index (Phi) is 4.02. The smallest absolute Gasteiger partial charge is 0.410 e. The summed E-state index contributed by atoms with van der Waals surface area (Å²) in [6.07, 6.45) is -0.259. The Balaban J connectivity index is 1.65. The van der Waals surface area contributed by atoms with Gasteiger partial charge in [-0.25, -0.2) is 4.79 Å². The molecule has 2 saturated heterocycles. The zero-order valence-corrected chi connectivity index (χ0v) is 13.0. The molecule has 3 rings (SSSR count). The Morgan fingerprint density at radius 1 is 1.27 bits per heavy atom. The lowest BCUT2D eigenvalue weighted by atomic mass is 10.1. The van der Waals surface area contributed by atoms with Crippen molar-refractivity contribution >= 4 is 12.0 Å². The highest BCUT2D eigenvalue weighted by atomic mass is 16.6. The molecule has 2 aliphatic rings. The summed E-state index contributed by atoms with van der Waals surface area (Å²) >= 11 is 0. The van der Waals surface area contributed by atoms with Crippen LogP contribution in [-0.2, 0) is 11.3 Å². The van der Waals surface area contributed by atoms with E-state index in [9.17, 15) is 9.59 Å². The van der Waals surface area contributed by atoms with Gasteiger partial charge in [0.15, 0.2) is 0 Å². The quantitative estimate of drug-likeness (QED) is 0.837. The van der Waals surface area contributed by atoms with Gasteiger partial charge in [-0.2, -0.15) is 0 Å². The monoisotopic (exact) mass is 303 g/mol. The standard InChI is InChI=1S/C16H21N3O3/c1-17(2)9-12-3-5-13(6-4-12)15(20)18-7-8-19-14(10-18)11-22-16(19)21/h3-6,14H,7-11H2,1-2H3/t14-/m0/s1. The lowest BCUT2D eigenvalue weighted by molar-refractivity contribution is 0.0617. The largest absolute Gasteiger partial charge is 0.447 e. The highest BCUT2D eigenvalue weighted by Crippen LogP contribution is 2.19. The number of hydrogen-bond donors (Lipinski definition) is 0. The molecule has 2 fully saturated rings. The van der Waals surface area contributed by atoms with E-state index in [1.165, 1.54) is 5.56 Å². The van der Waals surface area contributed by atoms with E-state index < -0.39 is 0 Å². The number of ether oxygens (including phenoxy) is 1. The molecule has 6 heteroatoms. The Morgan fingerprint density at radius 3 is 2.68 bits per heavy atom. The Labute approximate surface area is 130 Å². The van der Waals surface area contributed by atoms with Crippen molar-refractivity contribution in [3.63, 3.8) is 0 Å². The topological polar surface area (TPSA) is 53.1 Å². The van der Waals surface area contributed by atoms with Crippen LogP contribution < -0.4 is 0 Å². The normalized spacial score (nSPS) is 21.0. The highest BCUT2D eigenvalue weighted by molar-refractivity contribution is 5.94. The lowest BCUT2D eigenvalue weighted by Crippen LogP contribution is -2.53. The molecular weight excluding hydrogens is 282 g/mol. The number of nitrogens with zero attached hydrogens (tertiary/aromatic N) is 3. The third kappa shape index (κ3) is 2.92. The van der Waals surface area contributed by atoms with Gasteiger partial charge in [-0.05, 0) is 31.8 Å². The van der Waals surface area contributed by atoms with Gasteiger partial charge in [-0.15, -0.1) is 0 Å². The molecule has 1 atom stereocenters. The number of piperazine rings is 1. The summed E-state index contributed by atoms with van der Waals surface area (Å²) in [5.74, 6) is 0.0235. The van der Waals surface area contributed by atoms with Gasteiger partial charge in [0.2, 0.25) is 0 Å². The summed E-state index contributed by atoms with van der Waals surface area (Å²) in [6, 6.07) is 7.74. The van der Waals surface area contributed by atoms with Crippen molar-refractivity contribution in [2.75, 3.05) is 40.3 Å². The molecule has 0 N–H and O–H groups in total. The van der Waals surface area contributed by atoms with Crippen LogP contribution in [0.1, 0.15) is 15.9 Å². The molecule has 0 saturated carbocycles. The second kappa shape index (κ2) is 5.96. The van der Waals surface area contributed by atoms with Crippen LogP contribution >= 0.6 is 0 Å². The van der Waals surface area contributed by atoms with E-state index in [-0.39, 0.29) is 18.0 Å². The fraction of sp³-hybridized carbons (Fsp3) is 0.500. The summed E-state index contributed by atoms with van der Waals surface area (Å²) < 4.78 is 5.03. The summed E-state index contributed by atoms with van der Waals surface area (Å²) in [5, 5.41) is 0. The summed E-state index contributed by atoms with van der Waals surface area (Å²) in [4.78, 5) is 29.7. The van der Waals surface area contributed by atoms with Crippen LogP contribution in [0.5, 0.6) is 0 Å². The molecule has 2 amide bonds. The maximum Gasteiger partial charge on any atom is 0.410 e. The average Bonchev–Trinajstić information content (AvgIpc) is 2.88. The molecule has 0 aliphatic carbocycles. The van der Waals surface area contributed by atoms with E-state index >= 15 is 0 Å². The number of rotatable bonds is 3. The molecule has 6 nitrogen and oxygen atoms in total. The molecule has 0 radical (unpaired) electrons. The second-order valence-corrected chi connectivity index (χ2v) is 6.11. The number of fused-ring (bicyclic) bond motifs is 1. The van der Waals surface area contributed by atoms with Gasteiger partial charge >= 0.3 is 6.09 Å². The SMILES string of the molecule is CN(C)Cc1ccc(C(=O)N2CCN3C(=O)OC[C@@H]3C2)cc1. The first-order chi connectivity index (χ1) is 10.5. The van der Waals surface area contributed by atoms with Gasteiger partial charge in [0.1, 0.15) is 6.61 Å². The van der Waals surface area contributed by atoms with E-state index in [1.807, 2.05) is 43.3 Å². The van der Waals surface area contributed by atoms with Crippen molar-refractivity contribution in [1.29, 1.82) is 0 Å². The van der Waals surface area contributed by atoms with E-state index in [2.05, 4.69) is 4.90 Å². The van der Waals surface area contributed by atoms with Crippen LogP contribution in [0.4, 0.5) is 4.79 Å². The van der Waals surface area contributed by atoms with Gasteiger partial charge in [0.25, 0.3) is 5.91 Å². The summed E-state index contributed by atoms with van der Waals surface area (Å²) in [7, 11) is 4.03. The van der Waals surface area contributed by atoms with Crippen molar-refractivity contribution < 1.29 is 14.3 Å². The van der Waals surface area contributed by atoms with Gasteiger partial charge < -0.3 is 14.5 Å². The minimum atomic E-state index is -0.259. The van der Waals surface area contributed by atoms with E-state index in [0.29, 0.717) is 31.8 Å². The first-order valence-corrected chi connectivity index (χ1v) is 7.51. The minimum Gasteiger partial charge on any atom is -0.447 e.